The molecule has 1 N–H and O–H groups in total. The second kappa shape index (κ2) is 9.22. The molecular formula is C20H26N6O3. The maximum Gasteiger partial charge on any atom is 0.409 e. The first-order valence-corrected chi connectivity index (χ1v) is 9.55. The van der Waals surface area contributed by atoms with Gasteiger partial charge in [-0.25, -0.2) is 14.8 Å². The molecule has 0 saturated carbocycles. The summed E-state index contributed by atoms with van der Waals surface area (Å²) in [6.07, 6.45) is 2.74. The molecule has 9 heteroatoms. The summed E-state index contributed by atoms with van der Waals surface area (Å²) in [5.41, 5.74) is 2.15. The maximum atomic E-state index is 12.4. The smallest absolute Gasteiger partial charge is 0.409 e. The van der Waals surface area contributed by atoms with Crippen LogP contribution in [0.3, 0.4) is 0 Å². The standard InChI is InChI=1S/C20H26N6O3/c1-4-29-20(28)26-11-9-25(10-12-26)19-21-13-15(14-22-19)18(27)23-16-5-7-17(8-6-16)24(2)3/h5-8,13-14H,4,9-12H2,1-3H3,(H,23,27). The van der Waals surface area contributed by atoms with Crippen LogP contribution < -0.4 is 15.1 Å². The van der Waals surface area contributed by atoms with Gasteiger partial charge in [-0.15, -0.1) is 0 Å². The van der Waals surface area contributed by atoms with E-state index in [1.807, 2.05) is 48.2 Å². The molecule has 1 aliphatic rings. The zero-order chi connectivity index (χ0) is 20.8. The molecule has 0 unspecified atom stereocenters. The Morgan fingerprint density at radius 1 is 1.07 bits per heavy atom. The number of hydrogen-bond acceptors (Lipinski definition) is 7. The normalized spacial score (nSPS) is 13.8. The SMILES string of the molecule is CCOC(=O)N1CCN(c2ncc(C(=O)Nc3ccc(N(C)C)cc3)cn2)CC1. The summed E-state index contributed by atoms with van der Waals surface area (Å²) in [5.74, 6) is 0.279. The van der Waals surface area contributed by atoms with E-state index in [-0.39, 0.29) is 12.0 Å². The first kappa shape index (κ1) is 20.4. The van der Waals surface area contributed by atoms with Crippen molar-refractivity contribution < 1.29 is 14.3 Å². The van der Waals surface area contributed by atoms with Crippen molar-refractivity contribution in [2.24, 2.45) is 0 Å². The van der Waals surface area contributed by atoms with Crippen LogP contribution in [0.15, 0.2) is 36.7 Å². The van der Waals surface area contributed by atoms with Gasteiger partial charge < -0.3 is 24.8 Å². The van der Waals surface area contributed by atoms with Crippen LogP contribution in [-0.2, 0) is 4.74 Å². The van der Waals surface area contributed by atoms with Crippen molar-refractivity contribution >= 4 is 29.3 Å². The van der Waals surface area contributed by atoms with E-state index in [2.05, 4.69) is 15.3 Å². The summed E-state index contributed by atoms with van der Waals surface area (Å²) in [4.78, 5) is 38.5. The van der Waals surface area contributed by atoms with E-state index in [0.717, 1.165) is 5.69 Å². The molecule has 2 amide bonds. The molecular weight excluding hydrogens is 372 g/mol. The molecule has 29 heavy (non-hydrogen) atoms. The topological polar surface area (TPSA) is 90.9 Å². The van der Waals surface area contributed by atoms with Crippen molar-refractivity contribution in [3.63, 3.8) is 0 Å². The van der Waals surface area contributed by atoms with Crippen LogP contribution in [-0.4, -0.2) is 73.7 Å². The number of hydrogen-bond donors (Lipinski definition) is 1. The molecule has 1 aliphatic heterocycles. The third-order valence-corrected chi connectivity index (χ3v) is 4.63. The van der Waals surface area contributed by atoms with E-state index < -0.39 is 0 Å². The average Bonchev–Trinajstić information content (AvgIpc) is 2.74. The van der Waals surface area contributed by atoms with Gasteiger partial charge in [0, 0.05) is 64.0 Å². The molecule has 1 saturated heterocycles. The number of piperazine rings is 1. The second-order valence-corrected chi connectivity index (χ2v) is 6.84. The number of anilines is 3. The minimum atomic E-state index is -0.293. The summed E-state index contributed by atoms with van der Waals surface area (Å²) in [6, 6.07) is 7.58. The lowest BCUT2D eigenvalue weighted by Crippen LogP contribution is -2.49. The Bertz CT molecular complexity index is 830. The Morgan fingerprint density at radius 2 is 1.69 bits per heavy atom. The molecule has 0 atom stereocenters. The third-order valence-electron chi connectivity index (χ3n) is 4.63. The monoisotopic (exact) mass is 398 g/mol. The fourth-order valence-electron chi connectivity index (χ4n) is 2.95. The number of amides is 2. The van der Waals surface area contributed by atoms with E-state index in [1.165, 1.54) is 12.4 Å². The van der Waals surface area contributed by atoms with Crippen LogP contribution in [0.2, 0.25) is 0 Å². The number of carbonyl (C=O) groups is 2. The highest BCUT2D eigenvalue weighted by Gasteiger charge is 2.23. The average molecular weight is 398 g/mol. The molecule has 2 aromatic rings. The molecule has 154 valence electrons. The predicted octanol–water partition coefficient (Wildman–Crippen LogP) is 2.07. The first-order valence-electron chi connectivity index (χ1n) is 9.55. The van der Waals surface area contributed by atoms with Gasteiger partial charge in [-0.2, -0.15) is 0 Å². The van der Waals surface area contributed by atoms with Crippen molar-refractivity contribution in [2.75, 3.05) is 62.0 Å². The third kappa shape index (κ3) is 5.13. The lowest BCUT2D eigenvalue weighted by molar-refractivity contribution is 0.102. The predicted molar refractivity (Wildman–Crippen MR) is 112 cm³/mol. The number of nitrogens with zero attached hydrogens (tertiary/aromatic N) is 5. The quantitative estimate of drug-likeness (QED) is 0.824. The number of nitrogens with one attached hydrogen (secondary N) is 1. The van der Waals surface area contributed by atoms with Crippen molar-refractivity contribution in [1.82, 2.24) is 14.9 Å². The number of aromatic nitrogens is 2. The highest BCUT2D eigenvalue weighted by Crippen LogP contribution is 2.17. The van der Waals surface area contributed by atoms with Crippen LogP contribution >= 0.6 is 0 Å². The summed E-state index contributed by atoms with van der Waals surface area (Å²) in [5, 5.41) is 2.84. The van der Waals surface area contributed by atoms with Gasteiger partial charge in [-0.1, -0.05) is 0 Å². The fourth-order valence-corrected chi connectivity index (χ4v) is 2.95. The molecule has 1 aromatic heterocycles. The van der Waals surface area contributed by atoms with E-state index in [0.29, 0.717) is 50.0 Å². The highest BCUT2D eigenvalue weighted by atomic mass is 16.6. The van der Waals surface area contributed by atoms with E-state index in [9.17, 15) is 9.59 Å². The number of benzene rings is 1. The molecule has 0 bridgehead atoms. The Hall–Kier alpha value is -3.36. The van der Waals surface area contributed by atoms with Crippen molar-refractivity contribution in [2.45, 2.75) is 6.92 Å². The van der Waals surface area contributed by atoms with Crippen LogP contribution in [0.5, 0.6) is 0 Å². The van der Waals surface area contributed by atoms with Crippen molar-refractivity contribution in [1.29, 1.82) is 0 Å². The Labute approximate surface area is 170 Å². The van der Waals surface area contributed by atoms with Gasteiger partial charge in [0.2, 0.25) is 5.95 Å². The number of carbonyl (C=O) groups excluding carboxylic acids is 2. The largest absolute Gasteiger partial charge is 0.450 e. The van der Waals surface area contributed by atoms with Crippen LogP contribution in [0, 0.1) is 0 Å². The lowest BCUT2D eigenvalue weighted by atomic mass is 10.2. The zero-order valence-electron chi connectivity index (χ0n) is 17.0. The van der Waals surface area contributed by atoms with Gasteiger partial charge in [0.05, 0.1) is 12.2 Å². The summed E-state index contributed by atoms with van der Waals surface area (Å²) >= 11 is 0. The van der Waals surface area contributed by atoms with Gasteiger partial charge in [0.1, 0.15) is 0 Å². The lowest BCUT2D eigenvalue weighted by Gasteiger charge is -2.33. The van der Waals surface area contributed by atoms with Crippen LogP contribution in [0.1, 0.15) is 17.3 Å². The molecule has 3 rings (SSSR count). The van der Waals surface area contributed by atoms with Crippen molar-refractivity contribution in [3.8, 4) is 0 Å². The fraction of sp³-hybridized carbons (Fsp3) is 0.400. The number of ether oxygens (including phenoxy) is 1. The van der Waals surface area contributed by atoms with E-state index in [4.69, 9.17) is 4.74 Å². The molecule has 0 spiro atoms. The summed E-state index contributed by atoms with van der Waals surface area (Å²) in [7, 11) is 3.92. The van der Waals surface area contributed by atoms with Gasteiger partial charge >= 0.3 is 6.09 Å². The maximum absolute atomic E-state index is 12.4. The van der Waals surface area contributed by atoms with Crippen molar-refractivity contribution in [3.05, 3.63) is 42.2 Å². The molecule has 1 aromatic carbocycles. The van der Waals surface area contributed by atoms with Gasteiger partial charge in [0.15, 0.2) is 0 Å². The molecule has 0 aliphatic carbocycles. The number of rotatable bonds is 5. The Morgan fingerprint density at radius 3 is 2.24 bits per heavy atom. The van der Waals surface area contributed by atoms with E-state index in [1.54, 1.807) is 11.8 Å². The molecule has 1 fully saturated rings. The Kier molecular flexibility index (Phi) is 6.48. The minimum Gasteiger partial charge on any atom is -0.450 e. The van der Waals surface area contributed by atoms with Gasteiger partial charge in [-0.3, -0.25) is 4.79 Å². The minimum absolute atomic E-state index is 0.263. The molecule has 9 nitrogen and oxygen atoms in total. The Balaban J connectivity index is 1.56. The summed E-state index contributed by atoms with van der Waals surface area (Å²) < 4.78 is 5.02. The second-order valence-electron chi connectivity index (χ2n) is 6.84. The van der Waals surface area contributed by atoms with Gasteiger partial charge in [0.25, 0.3) is 5.91 Å². The van der Waals surface area contributed by atoms with Crippen LogP contribution in [0.4, 0.5) is 22.1 Å². The first-order chi connectivity index (χ1) is 14.0. The highest BCUT2D eigenvalue weighted by molar-refractivity contribution is 6.03. The van der Waals surface area contributed by atoms with Gasteiger partial charge in [-0.05, 0) is 31.2 Å². The van der Waals surface area contributed by atoms with E-state index >= 15 is 0 Å². The summed E-state index contributed by atoms with van der Waals surface area (Å²) in [6.45, 7) is 4.48. The van der Waals surface area contributed by atoms with Crippen LogP contribution in [0.25, 0.3) is 0 Å². The molecule has 2 heterocycles. The molecule has 0 radical (unpaired) electrons. The zero-order valence-corrected chi connectivity index (χ0v) is 17.0.